The minimum Gasteiger partial charge on any atom is -0.444 e. The Morgan fingerprint density at radius 1 is 1.29 bits per heavy atom. The highest BCUT2D eigenvalue weighted by Gasteiger charge is 2.46. The monoisotopic (exact) mass is 444 g/mol. The quantitative estimate of drug-likeness (QED) is 0.709. The number of hydrogen-bond donors (Lipinski definition) is 1. The third kappa shape index (κ3) is 4.36. The Labute approximate surface area is 176 Å². The summed E-state index contributed by atoms with van der Waals surface area (Å²) in [5, 5.41) is 18.9. The molecular weight excluding hydrogens is 420 g/mol. The fourth-order valence-corrected chi connectivity index (χ4v) is 3.64. The molecule has 1 N–H and O–H groups in total. The second-order valence-corrected chi connectivity index (χ2v) is 8.64. The van der Waals surface area contributed by atoms with E-state index < -0.39 is 41.0 Å². The van der Waals surface area contributed by atoms with Crippen LogP contribution in [0.3, 0.4) is 0 Å². The first kappa shape index (κ1) is 23.0. The van der Waals surface area contributed by atoms with Gasteiger partial charge in [-0.25, -0.2) is 13.9 Å². The predicted octanol–water partition coefficient (Wildman–Crippen LogP) is 4.00. The number of hydrogen-bond acceptors (Lipinski definition) is 5. The van der Waals surface area contributed by atoms with Gasteiger partial charge in [0.25, 0.3) is 0 Å². The molecule has 0 saturated carbocycles. The fraction of sp³-hybridized carbons (Fsp3) is 0.550. The summed E-state index contributed by atoms with van der Waals surface area (Å²) in [6.07, 6.45) is -5.32. The number of aromatic nitrogens is 3. The van der Waals surface area contributed by atoms with Gasteiger partial charge in [0.15, 0.2) is 5.72 Å². The Bertz CT molecular complexity index is 995. The van der Waals surface area contributed by atoms with Crippen molar-refractivity contribution in [3.63, 3.8) is 0 Å². The van der Waals surface area contributed by atoms with Crippen LogP contribution in [0.2, 0.25) is 0 Å². The first-order valence-electron chi connectivity index (χ1n) is 9.67. The van der Waals surface area contributed by atoms with Crippen molar-refractivity contribution in [2.75, 3.05) is 6.54 Å². The van der Waals surface area contributed by atoms with Crippen LogP contribution in [-0.2, 0) is 23.1 Å². The van der Waals surface area contributed by atoms with Gasteiger partial charge in [-0.15, -0.1) is 5.10 Å². The zero-order valence-electron chi connectivity index (χ0n) is 17.8. The van der Waals surface area contributed by atoms with E-state index in [0.717, 1.165) is 17.0 Å². The van der Waals surface area contributed by atoms with Gasteiger partial charge in [0, 0.05) is 13.0 Å². The van der Waals surface area contributed by atoms with E-state index >= 15 is 0 Å². The van der Waals surface area contributed by atoms with Gasteiger partial charge in [-0.3, -0.25) is 4.90 Å². The topological polar surface area (TPSA) is 80.5 Å². The molecule has 0 saturated heterocycles. The molecule has 0 aliphatic carbocycles. The molecule has 2 atom stereocenters. The van der Waals surface area contributed by atoms with E-state index in [4.69, 9.17) is 4.74 Å². The molecule has 2 heterocycles. The summed E-state index contributed by atoms with van der Waals surface area (Å²) in [7, 11) is 0. The maximum absolute atomic E-state index is 13.5. The highest BCUT2D eigenvalue weighted by atomic mass is 19.4. The summed E-state index contributed by atoms with van der Waals surface area (Å²) in [5.41, 5.74) is -3.51. The largest absolute Gasteiger partial charge is 0.444 e. The van der Waals surface area contributed by atoms with Crippen molar-refractivity contribution >= 4 is 6.09 Å². The van der Waals surface area contributed by atoms with Crippen LogP contribution in [0.25, 0.3) is 0 Å². The molecule has 0 radical (unpaired) electrons. The van der Waals surface area contributed by atoms with Crippen molar-refractivity contribution in [3.8, 4) is 0 Å². The maximum atomic E-state index is 13.5. The first-order valence-corrected chi connectivity index (χ1v) is 9.67. The number of nitrogens with zero attached hydrogens (tertiary/aromatic N) is 4. The third-order valence-electron chi connectivity index (χ3n) is 5.09. The van der Waals surface area contributed by atoms with Crippen LogP contribution in [0, 0.1) is 5.82 Å². The van der Waals surface area contributed by atoms with Gasteiger partial charge in [0.2, 0.25) is 0 Å². The summed E-state index contributed by atoms with van der Waals surface area (Å²) in [5.74, 6) is -1.00. The van der Waals surface area contributed by atoms with E-state index in [9.17, 15) is 27.5 Å². The number of carbonyl (C=O) groups excluding carboxylic acids is 1. The second kappa shape index (κ2) is 7.47. The summed E-state index contributed by atoms with van der Waals surface area (Å²) in [4.78, 5) is 13.6. The first-order chi connectivity index (χ1) is 14.1. The number of benzene rings is 1. The van der Waals surface area contributed by atoms with Crippen LogP contribution in [0.15, 0.2) is 18.2 Å². The minimum atomic E-state index is -4.76. The molecule has 1 amide bonds. The average Bonchev–Trinajstić information content (AvgIpc) is 3.04. The highest BCUT2D eigenvalue weighted by Crippen LogP contribution is 2.38. The van der Waals surface area contributed by atoms with E-state index in [-0.39, 0.29) is 24.2 Å². The van der Waals surface area contributed by atoms with Crippen LogP contribution in [0.5, 0.6) is 0 Å². The Kier molecular flexibility index (Phi) is 5.54. The van der Waals surface area contributed by atoms with Crippen LogP contribution in [0.4, 0.5) is 22.4 Å². The van der Waals surface area contributed by atoms with Crippen LogP contribution in [0.1, 0.15) is 63.2 Å². The van der Waals surface area contributed by atoms with E-state index in [1.165, 1.54) is 18.5 Å². The highest BCUT2D eigenvalue weighted by molar-refractivity contribution is 5.69. The molecule has 7 nitrogen and oxygen atoms in total. The molecule has 0 fully saturated rings. The Hall–Kier alpha value is -2.69. The molecule has 1 aromatic heterocycles. The molecule has 2 unspecified atom stereocenters. The number of carbonyl (C=O) groups is 1. The van der Waals surface area contributed by atoms with Gasteiger partial charge >= 0.3 is 12.3 Å². The van der Waals surface area contributed by atoms with Gasteiger partial charge in [-0.2, -0.15) is 13.2 Å². The van der Waals surface area contributed by atoms with Gasteiger partial charge in [-0.05, 0) is 52.3 Å². The lowest BCUT2D eigenvalue weighted by Gasteiger charge is -2.40. The zero-order valence-corrected chi connectivity index (χ0v) is 17.8. The Morgan fingerprint density at radius 3 is 2.52 bits per heavy atom. The van der Waals surface area contributed by atoms with Crippen molar-refractivity contribution in [3.05, 3.63) is 46.5 Å². The average molecular weight is 444 g/mol. The van der Waals surface area contributed by atoms with Crippen LogP contribution < -0.4 is 0 Å². The van der Waals surface area contributed by atoms with Gasteiger partial charge in [-0.1, -0.05) is 11.3 Å². The number of rotatable bonds is 2. The van der Waals surface area contributed by atoms with Gasteiger partial charge < -0.3 is 9.84 Å². The molecular formula is C20H24F4N4O3. The lowest BCUT2D eigenvalue weighted by atomic mass is 9.98. The van der Waals surface area contributed by atoms with Crippen molar-refractivity contribution < 1.29 is 32.2 Å². The molecule has 1 aliphatic rings. The normalized spacial score (nSPS) is 20.4. The molecule has 1 aliphatic heterocycles. The summed E-state index contributed by atoms with van der Waals surface area (Å²) >= 11 is 0. The number of alkyl halides is 3. The maximum Gasteiger partial charge on any atom is 0.416 e. The van der Waals surface area contributed by atoms with Crippen molar-refractivity contribution in [2.24, 2.45) is 0 Å². The number of ether oxygens (including phenoxy) is 1. The molecule has 2 aromatic rings. The Balaban J connectivity index is 1.99. The van der Waals surface area contributed by atoms with Crippen molar-refractivity contribution in [2.45, 2.75) is 64.6 Å². The third-order valence-corrected chi connectivity index (χ3v) is 5.09. The minimum absolute atomic E-state index is 0.0462. The molecule has 170 valence electrons. The number of amides is 1. The molecule has 3 rings (SSSR count). The van der Waals surface area contributed by atoms with E-state index in [0.29, 0.717) is 11.8 Å². The second-order valence-electron chi connectivity index (χ2n) is 8.64. The van der Waals surface area contributed by atoms with Crippen molar-refractivity contribution in [1.82, 2.24) is 19.9 Å². The lowest BCUT2D eigenvalue weighted by molar-refractivity contribution is -0.138. The fourth-order valence-electron chi connectivity index (χ4n) is 3.64. The smallest absolute Gasteiger partial charge is 0.416 e. The lowest BCUT2D eigenvalue weighted by Crippen LogP contribution is -2.53. The molecule has 31 heavy (non-hydrogen) atoms. The van der Waals surface area contributed by atoms with Crippen LogP contribution in [-0.4, -0.2) is 43.2 Å². The molecule has 0 bridgehead atoms. The predicted molar refractivity (Wildman–Crippen MR) is 101 cm³/mol. The summed E-state index contributed by atoms with van der Waals surface area (Å²) in [6.45, 7) is 7.93. The Morgan fingerprint density at radius 2 is 1.94 bits per heavy atom. The van der Waals surface area contributed by atoms with Crippen molar-refractivity contribution in [1.29, 1.82) is 0 Å². The number of aliphatic hydroxyl groups is 1. The number of halogens is 4. The van der Waals surface area contributed by atoms with E-state index in [2.05, 4.69) is 10.3 Å². The standard InChI is InChI=1S/C20H24F4N4O3/c1-11(13-7-6-12(21)10-14(13)20(22,23)24)28-15-8-9-27(17(29)31-18(2,3)4)19(5,30)16(15)25-26-28/h6-7,10-11,30H,8-9H2,1-5H3. The number of fused-ring (bicyclic) bond motifs is 1. The van der Waals surface area contributed by atoms with E-state index in [1.54, 1.807) is 20.8 Å². The van der Waals surface area contributed by atoms with Gasteiger partial charge in [0.05, 0.1) is 17.3 Å². The summed E-state index contributed by atoms with van der Waals surface area (Å²) in [6, 6.07) is 1.50. The zero-order chi connectivity index (χ0) is 23.4. The molecule has 1 aromatic carbocycles. The van der Waals surface area contributed by atoms with Gasteiger partial charge in [0.1, 0.15) is 17.1 Å². The van der Waals surface area contributed by atoms with Crippen LogP contribution >= 0.6 is 0 Å². The summed E-state index contributed by atoms with van der Waals surface area (Å²) < 4.78 is 60.4. The SMILES string of the molecule is CC(c1ccc(F)cc1C(F)(F)F)n1nnc2c1CCN(C(=O)OC(C)(C)C)C2(C)O. The van der Waals surface area contributed by atoms with E-state index in [1.807, 2.05) is 0 Å². The molecule has 0 spiro atoms. The molecule has 11 heteroatoms.